The minimum atomic E-state index is -1.56. The molecule has 0 aliphatic heterocycles. The molecule has 0 aliphatic rings. The Bertz CT molecular complexity index is 546. The molecule has 1 aromatic rings. The fraction of sp³-hybridized carbons (Fsp3) is 0.333. The molecule has 0 spiro atoms. The van der Waals surface area contributed by atoms with Crippen molar-refractivity contribution in [2.45, 2.75) is 25.5 Å². The summed E-state index contributed by atoms with van der Waals surface area (Å²) in [5, 5.41) is 10.5. The van der Waals surface area contributed by atoms with E-state index in [0.717, 1.165) is 6.21 Å². The summed E-state index contributed by atoms with van der Waals surface area (Å²) >= 11 is 4.27. The number of anilines is 1. The van der Waals surface area contributed by atoms with Gasteiger partial charge in [-0.1, -0.05) is 16.0 Å². The summed E-state index contributed by atoms with van der Waals surface area (Å²) in [6.45, 7) is 5.17. The molecule has 0 saturated heterocycles. The Kier molecular flexibility index (Phi) is 5.38. The molecule has 2 N–H and O–H groups in total. The summed E-state index contributed by atoms with van der Waals surface area (Å²) in [6.07, 6.45) is -0.348. The van der Waals surface area contributed by atoms with Gasteiger partial charge in [0.15, 0.2) is 5.82 Å². The second-order valence-electron chi connectivity index (χ2n) is 4.85. The molecule has 1 aromatic carbocycles. The number of hydrogen-bond donors (Lipinski definition) is 2. The zero-order valence-electron chi connectivity index (χ0n) is 11.1. The fourth-order valence-corrected chi connectivity index (χ4v) is 1.87. The highest BCUT2D eigenvalue weighted by Gasteiger charge is 2.26. The van der Waals surface area contributed by atoms with E-state index in [9.17, 15) is 13.7 Å². The third-order valence-electron chi connectivity index (χ3n) is 2.17. The van der Waals surface area contributed by atoms with Gasteiger partial charge in [0, 0.05) is 0 Å². The molecule has 0 aliphatic carbocycles. The van der Waals surface area contributed by atoms with Crippen molar-refractivity contribution in [1.29, 1.82) is 0 Å². The minimum absolute atomic E-state index is 0.0492. The van der Waals surface area contributed by atoms with Gasteiger partial charge in [0.2, 0.25) is 0 Å². The molecule has 1 rings (SSSR count). The van der Waals surface area contributed by atoms with Crippen LogP contribution in [0.25, 0.3) is 0 Å². The highest BCUT2D eigenvalue weighted by atomic mass is 35.5. The first-order valence-electron chi connectivity index (χ1n) is 5.57. The van der Waals surface area contributed by atoms with Crippen LogP contribution >= 0.6 is 11.6 Å². The summed E-state index contributed by atoms with van der Waals surface area (Å²) in [5.74, 6) is -0.866. The normalized spacial score (nSPS) is 13.5. The number of carbonyl (C=O) groups is 1. The van der Waals surface area contributed by atoms with Gasteiger partial charge >= 0.3 is 6.09 Å². The summed E-state index contributed by atoms with van der Waals surface area (Å²) < 4.78 is 29.0. The van der Waals surface area contributed by atoms with Crippen molar-refractivity contribution >= 4 is 41.0 Å². The van der Waals surface area contributed by atoms with Crippen LogP contribution in [0.3, 0.4) is 0 Å². The van der Waals surface area contributed by atoms with Crippen LogP contribution in [0, 0.1) is 5.82 Å². The van der Waals surface area contributed by atoms with Crippen molar-refractivity contribution in [3.63, 3.8) is 0 Å². The van der Waals surface area contributed by atoms with Crippen LogP contribution in [0.2, 0.25) is 5.02 Å². The Labute approximate surface area is 124 Å². The summed E-state index contributed by atoms with van der Waals surface area (Å²) in [6, 6.07) is 2.53. The Morgan fingerprint density at radius 1 is 1.55 bits per heavy atom. The smallest absolute Gasteiger partial charge is 0.409 e. The lowest BCUT2D eigenvalue weighted by Gasteiger charge is -2.17. The number of amides is 1. The quantitative estimate of drug-likeness (QED) is 0.660. The van der Waals surface area contributed by atoms with Crippen LogP contribution in [0.15, 0.2) is 16.5 Å². The van der Waals surface area contributed by atoms with Crippen LogP contribution in [-0.2, 0) is 11.4 Å². The molecular weight excluding hydrogens is 307 g/mol. The third kappa shape index (κ3) is 4.36. The number of benzene rings is 1. The molecule has 110 valence electrons. The van der Waals surface area contributed by atoms with Crippen LogP contribution < -0.4 is 5.32 Å². The monoisotopic (exact) mass is 320 g/mol. The molecule has 0 heterocycles. The molecule has 0 radical (unpaired) electrons. The molecule has 0 saturated carbocycles. The molecule has 1 atom stereocenters. The van der Waals surface area contributed by atoms with Crippen molar-refractivity contribution in [3.05, 3.63) is 28.5 Å². The Hall–Kier alpha value is -1.31. The van der Waals surface area contributed by atoms with E-state index < -0.39 is 28.0 Å². The van der Waals surface area contributed by atoms with Crippen molar-refractivity contribution < 1.29 is 18.8 Å². The number of rotatable bonds is 3. The Balaban J connectivity index is 3.12. The maximum Gasteiger partial charge on any atom is 0.409 e. The first-order valence-corrected chi connectivity index (χ1v) is 7.05. The molecular formula is C12H14ClFN2O3S. The number of nitrogens with one attached hydrogen (secondary N) is 1. The summed E-state index contributed by atoms with van der Waals surface area (Å²) in [7, 11) is 0. The van der Waals surface area contributed by atoms with Crippen LogP contribution in [-0.4, -0.2) is 26.7 Å². The maximum absolute atomic E-state index is 14.0. The first kappa shape index (κ1) is 16.7. The molecule has 0 fully saturated rings. The Morgan fingerprint density at radius 2 is 2.15 bits per heavy atom. The van der Waals surface area contributed by atoms with Gasteiger partial charge < -0.3 is 9.66 Å². The van der Waals surface area contributed by atoms with E-state index in [2.05, 4.69) is 4.40 Å². The van der Waals surface area contributed by atoms with E-state index in [1.807, 2.05) is 5.32 Å². The average Bonchev–Trinajstić information content (AvgIpc) is 2.30. The SMILES string of the molecule is CC(C)(C)[S@+]([O-])/N=C/c1c(Cl)ccc(NC(=O)O)c1F. The minimum Gasteiger partial charge on any atom is -0.591 e. The molecule has 0 bridgehead atoms. The lowest BCUT2D eigenvalue weighted by molar-refractivity contribution is 0.209. The zero-order chi connectivity index (χ0) is 15.5. The van der Waals surface area contributed by atoms with E-state index in [-0.39, 0.29) is 16.3 Å². The van der Waals surface area contributed by atoms with Crippen molar-refractivity contribution in [3.8, 4) is 0 Å². The second-order valence-corrected chi connectivity index (χ2v) is 7.19. The lowest BCUT2D eigenvalue weighted by atomic mass is 10.2. The molecule has 5 nitrogen and oxygen atoms in total. The summed E-state index contributed by atoms with van der Waals surface area (Å²) in [5.41, 5.74) is -0.361. The number of carboxylic acid groups (broad SMARTS) is 1. The van der Waals surface area contributed by atoms with Gasteiger partial charge in [-0.15, -0.1) is 0 Å². The second kappa shape index (κ2) is 6.43. The van der Waals surface area contributed by atoms with Crippen LogP contribution in [0.4, 0.5) is 14.9 Å². The predicted octanol–water partition coefficient (Wildman–Crippen LogP) is 3.45. The van der Waals surface area contributed by atoms with Gasteiger partial charge in [-0.3, -0.25) is 5.32 Å². The Morgan fingerprint density at radius 3 is 2.65 bits per heavy atom. The zero-order valence-corrected chi connectivity index (χ0v) is 12.7. The van der Waals surface area contributed by atoms with Gasteiger partial charge in [0.1, 0.15) is 16.1 Å². The number of hydrogen-bond acceptors (Lipinski definition) is 3. The lowest BCUT2D eigenvalue weighted by Crippen LogP contribution is -2.25. The molecule has 20 heavy (non-hydrogen) atoms. The van der Waals surface area contributed by atoms with Crippen molar-refractivity contribution in [2.75, 3.05) is 5.32 Å². The van der Waals surface area contributed by atoms with Gasteiger partial charge in [0.05, 0.1) is 22.5 Å². The van der Waals surface area contributed by atoms with Crippen LogP contribution in [0.1, 0.15) is 26.3 Å². The fourth-order valence-electron chi connectivity index (χ4n) is 1.16. The highest BCUT2D eigenvalue weighted by molar-refractivity contribution is 7.91. The molecule has 1 amide bonds. The summed E-state index contributed by atoms with van der Waals surface area (Å²) in [4.78, 5) is 10.5. The standard InChI is InChI=1S/C12H14ClFN2O3S/c1-12(2,3)20(19)15-6-7-8(13)4-5-9(10(7)14)16-11(17)18/h4-6,16H,1-3H3,(H,17,18)/b15-6+/t20-/m0/s1. The van der Waals surface area contributed by atoms with Gasteiger partial charge in [-0.05, 0) is 32.9 Å². The van der Waals surface area contributed by atoms with E-state index in [4.69, 9.17) is 16.7 Å². The maximum atomic E-state index is 14.0. The van der Waals surface area contributed by atoms with Crippen LogP contribution in [0.5, 0.6) is 0 Å². The first-order chi connectivity index (χ1) is 9.12. The van der Waals surface area contributed by atoms with Gasteiger partial charge in [0.25, 0.3) is 0 Å². The predicted molar refractivity (Wildman–Crippen MR) is 78.5 cm³/mol. The number of halogens is 2. The molecule has 0 unspecified atom stereocenters. The largest absolute Gasteiger partial charge is 0.591 e. The number of nitrogens with zero attached hydrogens (tertiary/aromatic N) is 1. The molecule has 8 heteroatoms. The van der Waals surface area contributed by atoms with Crippen molar-refractivity contribution in [1.82, 2.24) is 0 Å². The van der Waals surface area contributed by atoms with Gasteiger partial charge in [-0.2, -0.15) is 0 Å². The van der Waals surface area contributed by atoms with E-state index in [1.54, 1.807) is 20.8 Å². The molecule has 0 aromatic heterocycles. The topological polar surface area (TPSA) is 84.8 Å². The van der Waals surface area contributed by atoms with Gasteiger partial charge in [-0.25, -0.2) is 9.18 Å². The average molecular weight is 321 g/mol. The third-order valence-corrected chi connectivity index (χ3v) is 3.84. The van der Waals surface area contributed by atoms with Crippen molar-refractivity contribution in [2.24, 2.45) is 4.40 Å². The van der Waals surface area contributed by atoms with E-state index in [1.165, 1.54) is 12.1 Å². The highest BCUT2D eigenvalue weighted by Crippen LogP contribution is 2.25. The van der Waals surface area contributed by atoms with E-state index >= 15 is 0 Å². The van der Waals surface area contributed by atoms with E-state index in [0.29, 0.717) is 0 Å².